The lowest BCUT2D eigenvalue weighted by molar-refractivity contribution is -0.112. The molecule has 1 amide bonds. The zero-order valence-electron chi connectivity index (χ0n) is 21.3. The second-order valence-corrected chi connectivity index (χ2v) is 9.86. The summed E-state index contributed by atoms with van der Waals surface area (Å²) in [5.41, 5.74) is 4.04. The minimum absolute atomic E-state index is 0.0588. The Morgan fingerprint density at radius 3 is 2.41 bits per heavy atom. The van der Waals surface area contributed by atoms with E-state index in [9.17, 15) is 10.1 Å². The lowest BCUT2D eigenvalue weighted by atomic mass is 10.0. The van der Waals surface area contributed by atoms with E-state index in [1.54, 1.807) is 36.4 Å². The standard InChI is InChI=1S/C32H26BrClN2O3/c1-2-38-31-18-23(17-30(34)28(31)19-24-10-6-7-11-29(24)33)16-25(20-35)32(37)36-26-12-14-27(15-13-26)39-21-22-8-4-3-5-9-22/h3-18H,2,19,21H2,1H3,(H,36,37)/b25-16+. The molecular formula is C32H26BrClN2O3. The van der Waals surface area contributed by atoms with Crippen LogP contribution in [-0.4, -0.2) is 12.5 Å². The van der Waals surface area contributed by atoms with Crippen LogP contribution in [0.15, 0.2) is 101 Å². The first-order valence-electron chi connectivity index (χ1n) is 12.4. The van der Waals surface area contributed by atoms with Crippen LogP contribution in [0.3, 0.4) is 0 Å². The highest BCUT2D eigenvalue weighted by Gasteiger charge is 2.15. The van der Waals surface area contributed by atoms with Crippen LogP contribution in [0.1, 0.15) is 29.2 Å². The van der Waals surface area contributed by atoms with Crippen molar-refractivity contribution >= 4 is 45.2 Å². The third-order valence-electron chi connectivity index (χ3n) is 5.84. The van der Waals surface area contributed by atoms with Gasteiger partial charge in [0, 0.05) is 27.2 Å². The number of nitrogens with one attached hydrogen (secondary N) is 1. The number of amides is 1. The van der Waals surface area contributed by atoms with E-state index in [0.717, 1.165) is 21.2 Å². The fourth-order valence-electron chi connectivity index (χ4n) is 3.89. The first-order valence-corrected chi connectivity index (χ1v) is 13.5. The van der Waals surface area contributed by atoms with Crippen molar-refractivity contribution in [3.8, 4) is 17.6 Å². The summed E-state index contributed by atoms with van der Waals surface area (Å²) in [6, 6.07) is 30.3. The van der Waals surface area contributed by atoms with Crippen LogP contribution in [0.2, 0.25) is 5.02 Å². The van der Waals surface area contributed by atoms with Crippen LogP contribution < -0.4 is 14.8 Å². The number of anilines is 1. The largest absolute Gasteiger partial charge is 0.494 e. The first-order chi connectivity index (χ1) is 19.0. The molecule has 0 unspecified atom stereocenters. The number of hydrogen-bond donors (Lipinski definition) is 1. The van der Waals surface area contributed by atoms with Gasteiger partial charge < -0.3 is 14.8 Å². The fraction of sp³-hybridized carbons (Fsp3) is 0.125. The molecule has 0 fully saturated rings. The second-order valence-electron chi connectivity index (χ2n) is 8.60. The molecule has 0 saturated carbocycles. The molecule has 4 rings (SSSR count). The number of halogens is 2. The normalized spacial score (nSPS) is 11.0. The zero-order valence-corrected chi connectivity index (χ0v) is 23.6. The number of nitriles is 1. The maximum atomic E-state index is 12.9. The molecule has 196 valence electrons. The van der Waals surface area contributed by atoms with Gasteiger partial charge in [0.2, 0.25) is 0 Å². The Hall–Kier alpha value is -4.05. The van der Waals surface area contributed by atoms with Crippen LogP contribution in [0.4, 0.5) is 5.69 Å². The molecule has 4 aromatic rings. The summed E-state index contributed by atoms with van der Waals surface area (Å²) in [5, 5.41) is 13.0. The summed E-state index contributed by atoms with van der Waals surface area (Å²) < 4.78 is 12.6. The third kappa shape index (κ3) is 7.73. The monoisotopic (exact) mass is 600 g/mol. The fourth-order valence-corrected chi connectivity index (χ4v) is 4.60. The molecule has 0 saturated heterocycles. The summed E-state index contributed by atoms with van der Waals surface area (Å²) in [7, 11) is 0. The average Bonchev–Trinajstić information content (AvgIpc) is 2.95. The summed E-state index contributed by atoms with van der Waals surface area (Å²) in [5.74, 6) is 0.756. The van der Waals surface area contributed by atoms with E-state index in [4.69, 9.17) is 21.1 Å². The molecule has 0 bridgehead atoms. The summed E-state index contributed by atoms with van der Waals surface area (Å²) >= 11 is 10.3. The van der Waals surface area contributed by atoms with Crippen molar-refractivity contribution in [2.45, 2.75) is 20.0 Å². The van der Waals surface area contributed by atoms with E-state index in [1.807, 2.05) is 67.6 Å². The van der Waals surface area contributed by atoms with Gasteiger partial charge in [0.05, 0.1) is 6.61 Å². The molecule has 0 aliphatic carbocycles. The number of rotatable bonds is 10. The Morgan fingerprint density at radius 2 is 1.72 bits per heavy atom. The van der Waals surface area contributed by atoms with Gasteiger partial charge in [-0.15, -0.1) is 0 Å². The molecule has 0 aliphatic heterocycles. The number of carbonyl (C=O) groups is 1. The highest BCUT2D eigenvalue weighted by molar-refractivity contribution is 9.10. The maximum Gasteiger partial charge on any atom is 0.266 e. The van der Waals surface area contributed by atoms with E-state index >= 15 is 0 Å². The number of carbonyl (C=O) groups excluding carboxylic acids is 1. The van der Waals surface area contributed by atoms with Gasteiger partial charge in [-0.05, 0) is 72.2 Å². The van der Waals surface area contributed by atoms with Gasteiger partial charge in [-0.3, -0.25) is 4.79 Å². The highest BCUT2D eigenvalue weighted by Crippen LogP contribution is 2.33. The van der Waals surface area contributed by atoms with Crippen LogP contribution in [-0.2, 0) is 17.8 Å². The lowest BCUT2D eigenvalue weighted by Crippen LogP contribution is -2.13. The predicted molar refractivity (Wildman–Crippen MR) is 159 cm³/mol. The molecule has 0 atom stereocenters. The Kier molecular flexibility index (Phi) is 9.80. The van der Waals surface area contributed by atoms with Gasteiger partial charge in [0.1, 0.15) is 29.7 Å². The summed E-state index contributed by atoms with van der Waals surface area (Å²) in [4.78, 5) is 12.9. The number of nitrogens with zero attached hydrogens (tertiary/aromatic N) is 1. The molecular weight excluding hydrogens is 576 g/mol. The van der Waals surface area contributed by atoms with Gasteiger partial charge >= 0.3 is 0 Å². The van der Waals surface area contributed by atoms with E-state index in [-0.39, 0.29) is 5.57 Å². The SMILES string of the molecule is CCOc1cc(/C=C(\C#N)C(=O)Nc2ccc(OCc3ccccc3)cc2)cc(Cl)c1Cc1ccccc1Br. The molecule has 4 aromatic carbocycles. The number of hydrogen-bond acceptors (Lipinski definition) is 4. The second kappa shape index (κ2) is 13.7. The smallest absolute Gasteiger partial charge is 0.266 e. The predicted octanol–water partition coefficient (Wildman–Crippen LogP) is 8.22. The molecule has 0 radical (unpaired) electrons. The van der Waals surface area contributed by atoms with E-state index in [2.05, 4.69) is 21.2 Å². The molecule has 5 nitrogen and oxygen atoms in total. The van der Waals surface area contributed by atoms with Crippen molar-refractivity contribution in [1.82, 2.24) is 0 Å². The van der Waals surface area contributed by atoms with Crippen molar-refractivity contribution in [3.63, 3.8) is 0 Å². The topological polar surface area (TPSA) is 71.3 Å². The van der Waals surface area contributed by atoms with Crippen LogP contribution in [0, 0.1) is 11.3 Å². The van der Waals surface area contributed by atoms with Crippen LogP contribution in [0.5, 0.6) is 11.5 Å². The third-order valence-corrected chi connectivity index (χ3v) is 6.95. The van der Waals surface area contributed by atoms with Crippen molar-refractivity contribution < 1.29 is 14.3 Å². The summed E-state index contributed by atoms with van der Waals surface area (Å²) in [6.07, 6.45) is 2.07. The van der Waals surface area contributed by atoms with Crippen molar-refractivity contribution in [3.05, 3.63) is 128 Å². The van der Waals surface area contributed by atoms with Gasteiger partial charge in [-0.25, -0.2) is 0 Å². The maximum absolute atomic E-state index is 12.9. The molecule has 0 heterocycles. The summed E-state index contributed by atoms with van der Waals surface area (Å²) in [6.45, 7) is 2.79. The Labute approximate surface area is 241 Å². The molecule has 1 N–H and O–H groups in total. The Bertz CT molecular complexity index is 1510. The Morgan fingerprint density at radius 1 is 1.00 bits per heavy atom. The first kappa shape index (κ1) is 28.0. The van der Waals surface area contributed by atoms with E-state index < -0.39 is 5.91 Å². The zero-order chi connectivity index (χ0) is 27.6. The number of benzene rings is 4. The van der Waals surface area contributed by atoms with E-state index in [0.29, 0.717) is 47.4 Å². The average molecular weight is 602 g/mol. The van der Waals surface area contributed by atoms with Gasteiger partial charge in [-0.2, -0.15) is 5.26 Å². The van der Waals surface area contributed by atoms with Gasteiger partial charge in [-0.1, -0.05) is 76.1 Å². The molecule has 39 heavy (non-hydrogen) atoms. The Balaban J connectivity index is 1.48. The molecule has 0 spiro atoms. The highest BCUT2D eigenvalue weighted by atomic mass is 79.9. The minimum Gasteiger partial charge on any atom is -0.494 e. The van der Waals surface area contributed by atoms with Gasteiger partial charge in [0.15, 0.2) is 0 Å². The molecule has 0 aromatic heterocycles. The minimum atomic E-state index is -0.526. The van der Waals surface area contributed by atoms with Crippen molar-refractivity contribution in [2.75, 3.05) is 11.9 Å². The van der Waals surface area contributed by atoms with E-state index in [1.165, 1.54) is 6.08 Å². The lowest BCUT2D eigenvalue weighted by Gasteiger charge is -2.14. The van der Waals surface area contributed by atoms with Crippen molar-refractivity contribution in [1.29, 1.82) is 5.26 Å². The molecule has 7 heteroatoms. The number of ether oxygens (including phenoxy) is 2. The van der Waals surface area contributed by atoms with Crippen LogP contribution >= 0.6 is 27.5 Å². The van der Waals surface area contributed by atoms with Crippen molar-refractivity contribution in [2.24, 2.45) is 0 Å². The quantitative estimate of drug-likeness (QED) is 0.147. The van der Waals surface area contributed by atoms with Crippen LogP contribution in [0.25, 0.3) is 6.08 Å². The molecule has 0 aliphatic rings. The van der Waals surface area contributed by atoms with Gasteiger partial charge in [0.25, 0.3) is 5.91 Å².